The zero-order chi connectivity index (χ0) is 13.9. The van der Waals surface area contributed by atoms with Gasteiger partial charge >= 0.3 is 0 Å². The maximum atomic E-state index is 4.22. The lowest BCUT2D eigenvalue weighted by Crippen LogP contribution is -2.07. The van der Waals surface area contributed by atoms with Gasteiger partial charge in [0.1, 0.15) is 0 Å². The van der Waals surface area contributed by atoms with Gasteiger partial charge in [-0.1, -0.05) is 46.3 Å². The molecular formula is C17H15BrN2. The van der Waals surface area contributed by atoms with Gasteiger partial charge in [0.05, 0.1) is 0 Å². The van der Waals surface area contributed by atoms with Gasteiger partial charge in [-0.25, -0.2) is 0 Å². The van der Waals surface area contributed by atoms with Crippen molar-refractivity contribution in [2.75, 3.05) is 5.32 Å². The van der Waals surface area contributed by atoms with E-state index in [1.165, 1.54) is 10.9 Å². The number of pyridine rings is 1. The van der Waals surface area contributed by atoms with Crippen LogP contribution in [0, 0.1) is 0 Å². The standard InChI is InChI=1S/C17H15BrN2/c1-12(14-6-2-3-7-16(14)18)20-17-8-4-5-13-9-10-19-11-15(13)17/h2-12,20H,1H3. The van der Waals surface area contributed by atoms with Gasteiger partial charge in [0.15, 0.2) is 0 Å². The van der Waals surface area contributed by atoms with E-state index in [1.54, 1.807) is 0 Å². The zero-order valence-electron chi connectivity index (χ0n) is 11.2. The van der Waals surface area contributed by atoms with E-state index in [9.17, 15) is 0 Å². The Morgan fingerprint density at radius 2 is 1.90 bits per heavy atom. The highest BCUT2D eigenvalue weighted by atomic mass is 79.9. The second-order valence-electron chi connectivity index (χ2n) is 4.79. The lowest BCUT2D eigenvalue weighted by atomic mass is 10.1. The molecule has 3 rings (SSSR count). The third-order valence-electron chi connectivity index (χ3n) is 3.43. The number of nitrogens with zero attached hydrogens (tertiary/aromatic N) is 1. The molecule has 0 spiro atoms. The highest BCUT2D eigenvalue weighted by Crippen LogP contribution is 2.29. The van der Waals surface area contributed by atoms with Crippen LogP contribution in [0.5, 0.6) is 0 Å². The predicted molar refractivity (Wildman–Crippen MR) is 87.9 cm³/mol. The summed E-state index contributed by atoms with van der Waals surface area (Å²) in [6, 6.07) is 16.8. The molecule has 0 saturated heterocycles. The number of halogens is 1. The normalized spacial score (nSPS) is 12.3. The van der Waals surface area contributed by atoms with Crippen LogP contribution in [0.3, 0.4) is 0 Å². The smallest absolute Gasteiger partial charge is 0.0497 e. The number of benzene rings is 2. The predicted octanol–water partition coefficient (Wildman–Crippen LogP) is 5.17. The van der Waals surface area contributed by atoms with E-state index in [0.717, 1.165) is 15.5 Å². The summed E-state index contributed by atoms with van der Waals surface area (Å²) in [6.07, 6.45) is 3.73. The van der Waals surface area contributed by atoms with Crippen LogP contribution in [-0.4, -0.2) is 4.98 Å². The van der Waals surface area contributed by atoms with Crippen LogP contribution >= 0.6 is 15.9 Å². The van der Waals surface area contributed by atoms with Crippen LogP contribution < -0.4 is 5.32 Å². The van der Waals surface area contributed by atoms with Crippen molar-refractivity contribution < 1.29 is 0 Å². The van der Waals surface area contributed by atoms with Crippen LogP contribution in [0.25, 0.3) is 10.8 Å². The fourth-order valence-corrected chi connectivity index (χ4v) is 3.00. The fourth-order valence-electron chi connectivity index (χ4n) is 2.38. The van der Waals surface area contributed by atoms with Gasteiger partial charge in [-0.3, -0.25) is 4.98 Å². The van der Waals surface area contributed by atoms with E-state index in [-0.39, 0.29) is 6.04 Å². The van der Waals surface area contributed by atoms with Gasteiger partial charge in [0.25, 0.3) is 0 Å². The summed E-state index contributed by atoms with van der Waals surface area (Å²) >= 11 is 3.61. The molecule has 0 bridgehead atoms. The molecule has 0 amide bonds. The van der Waals surface area contributed by atoms with Crippen molar-refractivity contribution in [2.24, 2.45) is 0 Å². The van der Waals surface area contributed by atoms with Crippen LogP contribution in [0.4, 0.5) is 5.69 Å². The topological polar surface area (TPSA) is 24.9 Å². The first kappa shape index (κ1) is 13.1. The molecule has 1 unspecified atom stereocenters. The molecule has 0 saturated carbocycles. The third-order valence-corrected chi connectivity index (χ3v) is 4.15. The summed E-state index contributed by atoms with van der Waals surface area (Å²) in [6.45, 7) is 2.16. The Balaban J connectivity index is 1.96. The molecule has 100 valence electrons. The Hall–Kier alpha value is -1.87. The summed E-state index contributed by atoms with van der Waals surface area (Å²) in [7, 11) is 0. The second-order valence-corrected chi connectivity index (χ2v) is 5.64. The average Bonchev–Trinajstić information content (AvgIpc) is 2.48. The van der Waals surface area contributed by atoms with Crippen molar-refractivity contribution in [3.8, 4) is 0 Å². The molecule has 3 aromatic rings. The average molecular weight is 327 g/mol. The monoisotopic (exact) mass is 326 g/mol. The number of rotatable bonds is 3. The molecule has 0 aliphatic heterocycles. The summed E-state index contributed by atoms with van der Waals surface area (Å²) < 4.78 is 1.12. The molecule has 1 atom stereocenters. The number of hydrogen-bond acceptors (Lipinski definition) is 2. The number of anilines is 1. The fraction of sp³-hybridized carbons (Fsp3) is 0.118. The Kier molecular flexibility index (Phi) is 3.70. The number of fused-ring (bicyclic) bond motifs is 1. The maximum Gasteiger partial charge on any atom is 0.0497 e. The minimum atomic E-state index is 0.219. The van der Waals surface area contributed by atoms with E-state index in [2.05, 4.69) is 69.6 Å². The van der Waals surface area contributed by atoms with E-state index in [4.69, 9.17) is 0 Å². The van der Waals surface area contributed by atoms with Crippen molar-refractivity contribution in [3.63, 3.8) is 0 Å². The van der Waals surface area contributed by atoms with Crippen LogP contribution in [0.15, 0.2) is 65.4 Å². The largest absolute Gasteiger partial charge is 0.378 e. The highest BCUT2D eigenvalue weighted by Gasteiger charge is 2.10. The first-order valence-electron chi connectivity index (χ1n) is 6.59. The SMILES string of the molecule is CC(Nc1cccc2ccncc12)c1ccccc1Br. The number of nitrogens with one attached hydrogen (secondary N) is 1. The maximum absolute atomic E-state index is 4.22. The number of hydrogen-bond donors (Lipinski definition) is 1. The zero-order valence-corrected chi connectivity index (χ0v) is 12.8. The van der Waals surface area contributed by atoms with Crippen molar-refractivity contribution >= 4 is 32.4 Å². The second kappa shape index (κ2) is 5.63. The number of aromatic nitrogens is 1. The quantitative estimate of drug-likeness (QED) is 0.718. The van der Waals surface area contributed by atoms with Gasteiger partial charge in [0.2, 0.25) is 0 Å². The van der Waals surface area contributed by atoms with E-state index in [1.807, 2.05) is 24.5 Å². The lowest BCUT2D eigenvalue weighted by Gasteiger charge is -2.18. The Bertz CT molecular complexity index is 734. The highest BCUT2D eigenvalue weighted by molar-refractivity contribution is 9.10. The van der Waals surface area contributed by atoms with Crippen molar-refractivity contribution in [3.05, 3.63) is 71.0 Å². The van der Waals surface area contributed by atoms with Crippen molar-refractivity contribution in [1.82, 2.24) is 4.98 Å². The van der Waals surface area contributed by atoms with Gasteiger partial charge in [-0.15, -0.1) is 0 Å². The minimum absolute atomic E-state index is 0.219. The van der Waals surface area contributed by atoms with E-state index < -0.39 is 0 Å². The van der Waals surface area contributed by atoms with Gasteiger partial charge < -0.3 is 5.32 Å². The summed E-state index contributed by atoms with van der Waals surface area (Å²) in [5.41, 5.74) is 2.35. The molecule has 1 aromatic heterocycles. The van der Waals surface area contributed by atoms with Crippen molar-refractivity contribution in [1.29, 1.82) is 0 Å². The summed E-state index contributed by atoms with van der Waals surface area (Å²) in [5.74, 6) is 0. The van der Waals surface area contributed by atoms with Gasteiger partial charge in [-0.2, -0.15) is 0 Å². The molecule has 1 heterocycles. The Labute approximate surface area is 127 Å². The first-order chi connectivity index (χ1) is 9.75. The molecule has 0 fully saturated rings. The third kappa shape index (κ3) is 2.54. The lowest BCUT2D eigenvalue weighted by molar-refractivity contribution is 0.881. The molecule has 2 aromatic carbocycles. The molecule has 3 heteroatoms. The van der Waals surface area contributed by atoms with Crippen LogP contribution in [-0.2, 0) is 0 Å². The first-order valence-corrected chi connectivity index (χ1v) is 7.39. The summed E-state index contributed by atoms with van der Waals surface area (Å²) in [5, 5.41) is 5.92. The molecule has 0 aliphatic rings. The molecule has 0 aliphatic carbocycles. The Morgan fingerprint density at radius 1 is 1.05 bits per heavy atom. The van der Waals surface area contributed by atoms with E-state index in [0.29, 0.717) is 0 Å². The van der Waals surface area contributed by atoms with Crippen LogP contribution in [0.2, 0.25) is 0 Å². The molecule has 2 nitrogen and oxygen atoms in total. The summed E-state index contributed by atoms with van der Waals surface area (Å²) in [4.78, 5) is 4.22. The molecule has 0 radical (unpaired) electrons. The molecule has 1 N–H and O–H groups in total. The van der Waals surface area contributed by atoms with Gasteiger partial charge in [0, 0.05) is 34.0 Å². The molecule has 20 heavy (non-hydrogen) atoms. The van der Waals surface area contributed by atoms with E-state index >= 15 is 0 Å². The van der Waals surface area contributed by atoms with Crippen molar-refractivity contribution in [2.45, 2.75) is 13.0 Å². The van der Waals surface area contributed by atoms with Crippen LogP contribution in [0.1, 0.15) is 18.5 Å². The minimum Gasteiger partial charge on any atom is -0.378 e. The van der Waals surface area contributed by atoms with Gasteiger partial charge in [-0.05, 0) is 36.1 Å². The molecular weight excluding hydrogens is 312 g/mol. The Morgan fingerprint density at radius 3 is 2.75 bits per heavy atom.